The highest BCUT2D eigenvalue weighted by atomic mass is 16.8. The first-order valence-corrected chi connectivity index (χ1v) is 6.96. The first-order chi connectivity index (χ1) is 12.5. The lowest BCUT2D eigenvalue weighted by Crippen LogP contribution is -2.32. The number of rotatable bonds is 8. The molecule has 135 valence electrons. The average molecular weight is 362 g/mol. The average Bonchev–Trinajstić information content (AvgIpc) is 3.08. The van der Waals surface area contributed by atoms with E-state index in [1.54, 1.807) is 7.05 Å². The zero-order chi connectivity index (χ0) is 18.9. The van der Waals surface area contributed by atoms with Gasteiger partial charge in [-0.15, -0.1) is 0 Å². The van der Waals surface area contributed by atoms with Gasteiger partial charge in [0.15, 0.2) is 5.69 Å². The molecule has 11 heteroatoms. The van der Waals surface area contributed by atoms with E-state index in [4.69, 9.17) is 4.74 Å². The van der Waals surface area contributed by atoms with Crippen LogP contribution in [-0.2, 0) is 35.6 Å². The summed E-state index contributed by atoms with van der Waals surface area (Å²) in [6, 6.07) is 2.79. The lowest BCUT2D eigenvalue weighted by Gasteiger charge is -2.13. The summed E-state index contributed by atoms with van der Waals surface area (Å²) < 4.78 is 19.7. The molecule has 2 aromatic rings. The predicted molar refractivity (Wildman–Crippen MR) is 79.8 cm³/mol. The standard InChI is InChI=1S/C15H12N3O8/c1-18-6-11(17-7-18)13(21)26-15(23-8-19)14(22)25-9-24-12(20)10-2-4-16-5-3-10/h2-7,15H,9H2,1H3. The zero-order valence-electron chi connectivity index (χ0n) is 13.4. The minimum Gasteiger partial charge on any atom is -0.424 e. The van der Waals surface area contributed by atoms with E-state index in [9.17, 15) is 19.2 Å². The molecule has 1 radical (unpaired) electrons. The van der Waals surface area contributed by atoms with Crippen molar-refractivity contribution in [2.75, 3.05) is 6.79 Å². The van der Waals surface area contributed by atoms with Gasteiger partial charge in [0.1, 0.15) is 0 Å². The van der Waals surface area contributed by atoms with E-state index in [0.717, 1.165) is 6.47 Å². The molecule has 1 atom stereocenters. The Hall–Kier alpha value is -3.76. The van der Waals surface area contributed by atoms with Crippen LogP contribution in [0.1, 0.15) is 20.8 Å². The Morgan fingerprint density at radius 3 is 2.54 bits per heavy atom. The van der Waals surface area contributed by atoms with Gasteiger partial charge in [-0.2, -0.15) is 0 Å². The first kappa shape index (κ1) is 18.6. The molecular formula is C15H12N3O8. The van der Waals surface area contributed by atoms with Crippen LogP contribution < -0.4 is 0 Å². The molecule has 0 saturated carbocycles. The van der Waals surface area contributed by atoms with Crippen molar-refractivity contribution in [2.45, 2.75) is 6.29 Å². The summed E-state index contributed by atoms with van der Waals surface area (Å²) in [6.07, 6.45) is 3.38. The summed E-state index contributed by atoms with van der Waals surface area (Å²) in [5, 5.41) is 0. The largest absolute Gasteiger partial charge is 0.424 e. The minimum absolute atomic E-state index is 0.121. The third-order valence-corrected chi connectivity index (χ3v) is 2.78. The highest BCUT2D eigenvalue weighted by Crippen LogP contribution is 2.05. The van der Waals surface area contributed by atoms with Crippen LogP contribution in [0.2, 0.25) is 0 Å². The Labute approximate surface area is 146 Å². The van der Waals surface area contributed by atoms with E-state index in [1.807, 2.05) is 0 Å². The summed E-state index contributed by atoms with van der Waals surface area (Å²) in [6.45, 7) is 0.176. The summed E-state index contributed by atoms with van der Waals surface area (Å²) in [5.74, 6) is -3.08. The highest BCUT2D eigenvalue weighted by molar-refractivity contribution is 5.90. The van der Waals surface area contributed by atoms with Crippen LogP contribution in [0.15, 0.2) is 37.1 Å². The Balaban J connectivity index is 1.86. The maximum absolute atomic E-state index is 11.8. The van der Waals surface area contributed by atoms with E-state index < -0.39 is 31.0 Å². The van der Waals surface area contributed by atoms with Crippen LogP contribution in [0.5, 0.6) is 0 Å². The molecule has 2 aromatic heterocycles. The number of carbonyl (C=O) groups is 3. The molecule has 0 aliphatic carbocycles. The van der Waals surface area contributed by atoms with E-state index in [-0.39, 0.29) is 11.3 Å². The van der Waals surface area contributed by atoms with Crippen LogP contribution in [0, 0.1) is 0 Å². The smallest absolute Gasteiger partial charge is 0.421 e. The molecular weight excluding hydrogens is 350 g/mol. The summed E-state index contributed by atoms with van der Waals surface area (Å²) in [4.78, 5) is 53.1. The maximum Gasteiger partial charge on any atom is 0.421 e. The zero-order valence-corrected chi connectivity index (χ0v) is 13.4. The molecule has 0 fully saturated rings. The number of carbonyl (C=O) groups excluding carboxylic acids is 4. The van der Waals surface area contributed by atoms with E-state index >= 15 is 0 Å². The molecule has 0 aliphatic rings. The summed E-state index contributed by atoms with van der Waals surface area (Å²) >= 11 is 0. The van der Waals surface area contributed by atoms with Crippen LogP contribution in [0.25, 0.3) is 0 Å². The van der Waals surface area contributed by atoms with Gasteiger partial charge in [-0.25, -0.2) is 24.2 Å². The molecule has 0 amide bonds. The molecule has 2 rings (SSSR count). The number of aromatic nitrogens is 3. The van der Waals surface area contributed by atoms with Crippen molar-refractivity contribution in [1.82, 2.24) is 14.5 Å². The molecule has 0 aromatic carbocycles. The molecule has 0 aliphatic heterocycles. The SMILES string of the molecule is Cn1cnc(C(=O)OC(O[C]=O)C(=O)OCOC(=O)c2ccncc2)c1. The molecule has 0 bridgehead atoms. The second kappa shape index (κ2) is 8.92. The van der Waals surface area contributed by atoms with Crippen molar-refractivity contribution >= 4 is 24.4 Å². The van der Waals surface area contributed by atoms with Crippen LogP contribution in [0.4, 0.5) is 0 Å². The van der Waals surface area contributed by atoms with Gasteiger partial charge < -0.3 is 23.5 Å². The fourth-order valence-corrected chi connectivity index (χ4v) is 1.62. The molecule has 0 spiro atoms. The third-order valence-electron chi connectivity index (χ3n) is 2.78. The second-order valence-electron chi connectivity index (χ2n) is 4.61. The molecule has 2 heterocycles. The molecule has 0 N–H and O–H groups in total. The fourth-order valence-electron chi connectivity index (χ4n) is 1.62. The van der Waals surface area contributed by atoms with Gasteiger partial charge in [-0.05, 0) is 12.1 Å². The van der Waals surface area contributed by atoms with Crippen molar-refractivity contribution in [1.29, 1.82) is 0 Å². The minimum atomic E-state index is -2.03. The Morgan fingerprint density at radius 1 is 1.19 bits per heavy atom. The molecule has 1 unspecified atom stereocenters. The third kappa shape index (κ3) is 5.12. The van der Waals surface area contributed by atoms with Crippen molar-refractivity contribution in [2.24, 2.45) is 7.05 Å². The Bertz CT molecular complexity index is 789. The van der Waals surface area contributed by atoms with Gasteiger partial charge in [0.2, 0.25) is 6.79 Å². The quantitative estimate of drug-likeness (QED) is 0.456. The van der Waals surface area contributed by atoms with Gasteiger partial charge in [0.25, 0.3) is 0 Å². The van der Waals surface area contributed by atoms with E-state index in [1.165, 1.54) is 41.6 Å². The summed E-state index contributed by atoms with van der Waals surface area (Å²) in [5.41, 5.74) is 0.0653. The number of hydrogen-bond donors (Lipinski definition) is 0. The predicted octanol–water partition coefficient (Wildman–Crippen LogP) is -0.260. The number of aryl methyl sites for hydroxylation is 1. The highest BCUT2D eigenvalue weighted by Gasteiger charge is 2.28. The Kier molecular flexibility index (Phi) is 6.37. The second-order valence-corrected chi connectivity index (χ2v) is 4.61. The van der Waals surface area contributed by atoms with Crippen LogP contribution in [-0.4, -0.2) is 52.0 Å². The monoisotopic (exact) mass is 362 g/mol. The number of ether oxygens (including phenoxy) is 4. The number of esters is 3. The van der Waals surface area contributed by atoms with Crippen LogP contribution in [0.3, 0.4) is 0 Å². The van der Waals surface area contributed by atoms with Gasteiger partial charge in [-0.1, -0.05) is 0 Å². The lowest BCUT2D eigenvalue weighted by molar-refractivity contribution is -0.179. The van der Waals surface area contributed by atoms with Gasteiger partial charge in [-0.3, -0.25) is 4.98 Å². The first-order valence-electron chi connectivity index (χ1n) is 6.96. The number of imidazole rings is 1. The van der Waals surface area contributed by atoms with Gasteiger partial charge >= 0.3 is 30.7 Å². The molecule has 11 nitrogen and oxygen atoms in total. The molecule has 26 heavy (non-hydrogen) atoms. The summed E-state index contributed by atoms with van der Waals surface area (Å²) in [7, 11) is 1.61. The topological polar surface area (TPSA) is 136 Å². The van der Waals surface area contributed by atoms with Crippen molar-refractivity contribution in [3.63, 3.8) is 0 Å². The van der Waals surface area contributed by atoms with E-state index in [0.29, 0.717) is 0 Å². The van der Waals surface area contributed by atoms with Gasteiger partial charge in [0, 0.05) is 25.6 Å². The number of hydrogen-bond acceptors (Lipinski definition) is 10. The van der Waals surface area contributed by atoms with Crippen LogP contribution >= 0.6 is 0 Å². The fraction of sp³-hybridized carbons (Fsp3) is 0.200. The van der Waals surface area contributed by atoms with Gasteiger partial charge in [0.05, 0.1) is 11.9 Å². The number of nitrogens with zero attached hydrogens (tertiary/aromatic N) is 3. The van der Waals surface area contributed by atoms with Crippen molar-refractivity contribution < 1.29 is 38.1 Å². The lowest BCUT2D eigenvalue weighted by atomic mass is 10.3. The van der Waals surface area contributed by atoms with Crippen molar-refractivity contribution in [3.05, 3.63) is 48.3 Å². The Morgan fingerprint density at radius 2 is 1.92 bits per heavy atom. The normalized spacial score (nSPS) is 11.1. The van der Waals surface area contributed by atoms with E-state index in [2.05, 4.69) is 24.2 Å². The molecule has 0 saturated heterocycles. The maximum atomic E-state index is 11.8. The number of pyridine rings is 1. The van der Waals surface area contributed by atoms with Crippen molar-refractivity contribution in [3.8, 4) is 0 Å².